The number of fused-ring (bicyclic) bond motifs is 1. The van der Waals surface area contributed by atoms with Crippen molar-refractivity contribution in [3.63, 3.8) is 0 Å². The molecule has 2 heterocycles. The van der Waals surface area contributed by atoms with Crippen LogP contribution in [-0.2, 0) is 32.9 Å². The Balaban J connectivity index is 0.00000631. The largest absolute Gasteiger partial charge is 0.507 e. The molecule has 2 aromatic heterocycles. The first kappa shape index (κ1) is 49.7. The molecule has 4 nitrogen and oxygen atoms in total. The first-order chi connectivity index (χ1) is 37.0. The van der Waals surface area contributed by atoms with E-state index in [2.05, 4.69) is 208 Å². The third-order valence-electron chi connectivity index (χ3n) is 16.3. The van der Waals surface area contributed by atoms with Crippen LogP contribution in [0.4, 0.5) is 0 Å². The average molecular weight is 1170 g/mol. The summed E-state index contributed by atoms with van der Waals surface area (Å²) < 4.78 is 11.7. The molecule has 0 aliphatic heterocycles. The maximum Gasteiger partial charge on any atom is 0.148 e. The van der Waals surface area contributed by atoms with Gasteiger partial charge in [0, 0.05) is 45.5 Å². The first-order valence-electron chi connectivity index (χ1n) is 27.8. The van der Waals surface area contributed by atoms with Crippen molar-refractivity contribution < 1.29 is 27.5 Å². The number of phenolic OH excluding ortho intramolecular Hbond substituents is 1. The number of para-hydroxylation sites is 1. The zero-order valence-corrected chi connectivity index (χ0v) is 46.4. The van der Waals surface area contributed by atoms with E-state index in [1.54, 1.807) is 0 Å². The van der Waals surface area contributed by atoms with E-state index in [9.17, 15) is 6.48 Å². The van der Waals surface area contributed by atoms with Gasteiger partial charge >= 0.3 is 0 Å². The fourth-order valence-corrected chi connectivity index (χ4v) is 12.0. The van der Waals surface area contributed by atoms with Crippen molar-refractivity contribution in [2.45, 2.75) is 96.8 Å². The van der Waals surface area contributed by atoms with Crippen LogP contribution in [0.5, 0.6) is 5.75 Å². The smallest absolute Gasteiger partial charge is 0.148 e. The maximum absolute atomic E-state index is 12.8. The van der Waals surface area contributed by atoms with Gasteiger partial charge in [0.25, 0.3) is 0 Å². The van der Waals surface area contributed by atoms with Crippen LogP contribution in [0.2, 0.25) is 0 Å². The number of hydrogen-bond donors (Lipinski definition) is 1. The van der Waals surface area contributed by atoms with Crippen LogP contribution < -0.4 is 0 Å². The first-order valence-corrected chi connectivity index (χ1v) is 27.3. The topological polar surface area (TPSA) is 50.9 Å². The van der Waals surface area contributed by atoms with Crippen LogP contribution in [-0.4, -0.2) is 19.6 Å². The van der Waals surface area contributed by atoms with Gasteiger partial charge in [0.1, 0.15) is 11.6 Å². The number of aromatic hydroxyl groups is 1. The van der Waals surface area contributed by atoms with Gasteiger partial charge in [-0.15, -0.1) is 23.8 Å². The summed E-state index contributed by atoms with van der Waals surface area (Å²) >= 11 is 0. The van der Waals surface area contributed by atoms with E-state index in [4.69, 9.17) is 9.97 Å². The van der Waals surface area contributed by atoms with Crippen molar-refractivity contribution in [1.82, 2.24) is 14.5 Å². The summed E-state index contributed by atoms with van der Waals surface area (Å²) in [6.07, 6.45) is 12.8. The van der Waals surface area contributed by atoms with Gasteiger partial charge in [-0.2, -0.15) is 0 Å². The van der Waals surface area contributed by atoms with Gasteiger partial charge in [0.15, 0.2) is 0 Å². The predicted octanol–water partition coefficient (Wildman–Crippen LogP) is 18.9. The molecule has 8 aromatic carbocycles. The van der Waals surface area contributed by atoms with Crippen molar-refractivity contribution in [2.24, 2.45) is 11.8 Å². The van der Waals surface area contributed by atoms with Gasteiger partial charge in [-0.25, -0.2) is 4.98 Å². The summed E-state index contributed by atoms with van der Waals surface area (Å²) in [5.41, 5.74) is 18.5. The molecule has 0 bridgehead atoms. The Morgan fingerprint density at radius 2 is 1.21 bits per heavy atom. The molecule has 2 aliphatic carbocycles. The molecular weight excluding hydrogens is 1110 g/mol. The van der Waals surface area contributed by atoms with Crippen LogP contribution in [0.3, 0.4) is 0 Å². The van der Waals surface area contributed by atoms with E-state index >= 15 is 0 Å². The Morgan fingerprint density at radius 1 is 0.592 bits per heavy atom. The minimum Gasteiger partial charge on any atom is -0.507 e. The van der Waals surface area contributed by atoms with Crippen LogP contribution in [0.15, 0.2) is 194 Å². The number of pyridine rings is 1. The molecule has 2 aliphatic rings. The number of rotatable bonds is 12. The minimum absolute atomic E-state index is 0. The molecule has 0 amide bonds. The SMILES string of the molecule is [2H]C(C)(c1ccc(-c2ccnc(-c3[c-]c(-c4cccc5c4nc(-c4cc(C(C)(C)C)cc(-c6ccccc6)c4O)n5-c4ccc(CC5CCCC5)cc4-c4ccccc4)cc(-c4ccccc4)c3)c2)cc1)C1CCCC1.[Pt]. The van der Waals surface area contributed by atoms with Crippen LogP contribution in [0.1, 0.15) is 103 Å². The monoisotopic (exact) mass is 1170 g/mol. The summed E-state index contributed by atoms with van der Waals surface area (Å²) in [7, 11) is 0. The molecule has 1 unspecified atom stereocenters. The molecule has 0 radical (unpaired) electrons. The molecule has 12 rings (SSSR count). The van der Waals surface area contributed by atoms with Crippen molar-refractivity contribution in [3.8, 4) is 89.7 Å². The van der Waals surface area contributed by atoms with E-state index in [-0.39, 0.29) is 32.2 Å². The van der Waals surface area contributed by atoms with E-state index in [0.29, 0.717) is 23.2 Å². The van der Waals surface area contributed by atoms with Gasteiger partial charge < -0.3 is 5.11 Å². The Hall–Kier alpha value is -7.13. The van der Waals surface area contributed by atoms with Gasteiger partial charge in [-0.3, -0.25) is 9.55 Å². The van der Waals surface area contributed by atoms with Crippen molar-refractivity contribution in [1.29, 1.82) is 0 Å². The second kappa shape index (κ2) is 21.8. The molecule has 2 fully saturated rings. The Labute approximate surface area is 465 Å². The number of hydrogen-bond acceptors (Lipinski definition) is 3. The summed E-state index contributed by atoms with van der Waals surface area (Å²) in [5, 5.41) is 12.8. The molecule has 0 saturated heterocycles. The maximum atomic E-state index is 12.8. The fourth-order valence-electron chi connectivity index (χ4n) is 12.0. The van der Waals surface area contributed by atoms with Crippen molar-refractivity contribution >= 4 is 11.0 Å². The Kier molecular flexibility index (Phi) is 14.3. The fraction of sp³-hybridized carbons (Fsp3) is 0.239. The summed E-state index contributed by atoms with van der Waals surface area (Å²) in [5.74, 6) is 1.34. The number of phenols is 1. The van der Waals surface area contributed by atoms with Crippen molar-refractivity contribution in [3.05, 3.63) is 217 Å². The molecule has 76 heavy (non-hydrogen) atoms. The number of nitrogens with zero attached hydrogens (tertiary/aromatic N) is 3. The van der Waals surface area contributed by atoms with E-state index < -0.39 is 5.89 Å². The van der Waals surface area contributed by atoms with Crippen LogP contribution >= 0.6 is 0 Å². The van der Waals surface area contributed by atoms with Crippen LogP contribution in [0.25, 0.3) is 95.0 Å². The van der Waals surface area contributed by atoms with Crippen molar-refractivity contribution in [2.75, 3.05) is 0 Å². The molecule has 0 spiro atoms. The summed E-state index contributed by atoms with van der Waals surface area (Å²) in [6.45, 7) is 8.78. The van der Waals surface area contributed by atoms with Gasteiger partial charge in [-0.05, 0) is 123 Å². The number of imidazole rings is 1. The quantitative estimate of drug-likeness (QED) is 0.124. The Bertz CT molecular complexity index is 3700. The van der Waals surface area contributed by atoms with E-state index in [1.165, 1.54) is 44.1 Å². The van der Waals surface area contributed by atoms with E-state index in [1.807, 2.05) is 24.4 Å². The van der Waals surface area contributed by atoms with E-state index in [0.717, 1.165) is 114 Å². The van der Waals surface area contributed by atoms with Gasteiger partial charge in [-0.1, -0.05) is 222 Å². The second-order valence-electron chi connectivity index (χ2n) is 22.3. The predicted molar refractivity (Wildman–Crippen MR) is 312 cm³/mol. The average Bonchev–Trinajstić information content (AvgIpc) is 4.43. The Morgan fingerprint density at radius 3 is 1.89 bits per heavy atom. The molecule has 5 heteroatoms. The molecule has 2 saturated carbocycles. The summed E-state index contributed by atoms with van der Waals surface area (Å²) in [4.78, 5) is 10.8. The zero-order chi connectivity index (χ0) is 52.0. The zero-order valence-electron chi connectivity index (χ0n) is 45.1. The van der Waals surface area contributed by atoms with Gasteiger partial charge in [0.2, 0.25) is 0 Å². The molecule has 10 aromatic rings. The third kappa shape index (κ3) is 10.3. The number of aromatic nitrogens is 3. The van der Waals surface area contributed by atoms with Crippen LogP contribution in [0, 0.1) is 17.9 Å². The summed E-state index contributed by atoms with van der Waals surface area (Å²) in [6, 6.07) is 70.5. The molecule has 1 N–H and O–H groups in total. The van der Waals surface area contributed by atoms with Gasteiger partial charge in [0.05, 0.1) is 22.3 Å². The second-order valence-corrected chi connectivity index (χ2v) is 22.3. The normalized spacial score (nSPS) is 15.1. The minimum atomic E-state index is -0.605. The third-order valence-corrected chi connectivity index (χ3v) is 16.3. The molecular formula is C71H66N3OPt-. The number of benzene rings is 8. The molecule has 382 valence electrons. The molecule has 1 atom stereocenters. The standard InChI is InChI=1S/C71H66N3O.Pt/c1-47(50-21-16-17-22-50)51-32-34-53(35-33-51)56-37-38-72-65(44-56)59-42-57(52-23-8-5-9-24-52)41-58(43-59)61-29-18-30-67-68(61)73-70(64-46-60(71(2,3)4)45-63(69(64)75)55-27-12-7-13-28-55)74(67)66-36-31-49(39-48-19-14-15-20-48)40-62(66)54-25-10-6-11-26-54;/h5-13,18,23-38,40-42,44-48,50,75H,14-17,19-22,39H2,1-4H3;/q-1;/i47D;.